The number of ketones is 1. The highest BCUT2D eigenvalue weighted by Gasteiger charge is 2.46. The van der Waals surface area contributed by atoms with Crippen LogP contribution in [0.25, 0.3) is 11.0 Å². The summed E-state index contributed by atoms with van der Waals surface area (Å²) in [6.07, 6.45) is 0. The van der Waals surface area contributed by atoms with Crippen LogP contribution in [0.1, 0.15) is 33.7 Å². The van der Waals surface area contributed by atoms with E-state index in [1.807, 2.05) is 0 Å². The number of furan rings is 2. The molecule has 0 saturated heterocycles. The van der Waals surface area contributed by atoms with Crippen molar-refractivity contribution in [2.75, 3.05) is 0 Å². The zero-order valence-electron chi connectivity index (χ0n) is 17.3. The van der Waals surface area contributed by atoms with Crippen LogP contribution in [0.2, 0.25) is 5.02 Å². The maximum absolute atomic E-state index is 13.5. The number of Topliss-reactive ketones (excluding diaryl/α,β-unsaturated/α-hetero) is 1. The molecule has 33 heavy (non-hydrogen) atoms. The van der Waals surface area contributed by atoms with Crippen LogP contribution in [-0.2, 0) is 11.3 Å². The minimum atomic E-state index is -0.986. The summed E-state index contributed by atoms with van der Waals surface area (Å²) in [5.41, 5.74) is 0.917. The van der Waals surface area contributed by atoms with Crippen LogP contribution in [0.4, 0.5) is 4.39 Å². The quantitative estimate of drug-likeness (QED) is 0.371. The molecule has 0 fully saturated rings. The number of hydrogen-bond acceptors (Lipinski definition) is 5. The third-order valence-corrected chi connectivity index (χ3v) is 5.78. The largest absolute Gasteiger partial charge is 0.503 e. The summed E-state index contributed by atoms with van der Waals surface area (Å²) in [5.74, 6) is -1.62. The standard InChI is InChI=1S/C25H17ClFNO5/c1-13-2-8-19(32-13)22-21(23(29)20-11-15-10-16(26)5-9-18(15)33-20)24(30)25(31)28(22)12-14-3-6-17(27)7-4-14/h2-11,22,30H,12H2,1H3. The van der Waals surface area contributed by atoms with Crippen molar-refractivity contribution in [3.8, 4) is 0 Å². The van der Waals surface area contributed by atoms with Gasteiger partial charge in [0.2, 0.25) is 5.78 Å². The van der Waals surface area contributed by atoms with Crippen molar-refractivity contribution in [2.45, 2.75) is 19.5 Å². The van der Waals surface area contributed by atoms with E-state index in [0.29, 0.717) is 33.1 Å². The Morgan fingerprint density at radius 1 is 1.09 bits per heavy atom. The number of fused-ring (bicyclic) bond motifs is 1. The van der Waals surface area contributed by atoms with Crippen molar-refractivity contribution >= 4 is 34.3 Å². The number of benzene rings is 2. The van der Waals surface area contributed by atoms with Crippen molar-refractivity contribution < 1.29 is 27.9 Å². The van der Waals surface area contributed by atoms with Gasteiger partial charge in [-0.1, -0.05) is 23.7 Å². The highest BCUT2D eigenvalue weighted by molar-refractivity contribution is 6.31. The number of nitrogens with zero attached hydrogens (tertiary/aromatic N) is 1. The summed E-state index contributed by atoms with van der Waals surface area (Å²) in [6, 6.07) is 14.4. The van der Waals surface area contributed by atoms with E-state index in [-0.39, 0.29) is 17.9 Å². The van der Waals surface area contributed by atoms with Gasteiger partial charge < -0.3 is 18.8 Å². The zero-order valence-corrected chi connectivity index (χ0v) is 18.1. The van der Waals surface area contributed by atoms with Gasteiger partial charge in [0.25, 0.3) is 5.91 Å². The van der Waals surface area contributed by atoms with Gasteiger partial charge in [-0.05, 0) is 61.0 Å². The van der Waals surface area contributed by atoms with Crippen LogP contribution in [0.3, 0.4) is 0 Å². The number of carbonyl (C=O) groups is 2. The zero-order chi connectivity index (χ0) is 23.3. The van der Waals surface area contributed by atoms with E-state index in [2.05, 4.69) is 0 Å². The van der Waals surface area contributed by atoms with E-state index in [9.17, 15) is 19.1 Å². The average molecular weight is 466 g/mol. The molecule has 0 radical (unpaired) electrons. The Balaban J connectivity index is 1.58. The van der Waals surface area contributed by atoms with Crippen LogP contribution in [-0.4, -0.2) is 21.7 Å². The first-order valence-corrected chi connectivity index (χ1v) is 10.5. The molecule has 2 aromatic heterocycles. The number of aryl methyl sites for hydroxylation is 1. The van der Waals surface area contributed by atoms with E-state index >= 15 is 0 Å². The highest BCUT2D eigenvalue weighted by atomic mass is 35.5. The lowest BCUT2D eigenvalue weighted by atomic mass is 9.99. The van der Waals surface area contributed by atoms with Crippen molar-refractivity contribution in [3.05, 3.63) is 106 Å². The average Bonchev–Trinajstić information content (AvgIpc) is 3.47. The Morgan fingerprint density at radius 3 is 2.55 bits per heavy atom. The van der Waals surface area contributed by atoms with Crippen molar-refractivity contribution in [1.82, 2.24) is 4.90 Å². The van der Waals surface area contributed by atoms with E-state index in [1.165, 1.54) is 35.2 Å². The normalized spacial score (nSPS) is 16.3. The molecule has 1 unspecified atom stereocenters. The Bertz CT molecular complexity index is 1430. The molecule has 0 spiro atoms. The molecule has 3 heterocycles. The lowest BCUT2D eigenvalue weighted by Gasteiger charge is -2.24. The molecule has 0 bridgehead atoms. The second-order valence-corrected chi connectivity index (χ2v) is 8.23. The van der Waals surface area contributed by atoms with Gasteiger partial charge in [-0.2, -0.15) is 0 Å². The molecule has 8 heteroatoms. The van der Waals surface area contributed by atoms with Gasteiger partial charge in [0.1, 0.15) is 29.0 Å². The van der Waals surface area contributed by atoms with Crippen LogP contribution in [0, 0.1) is 12.7 Å². The second-order valence-electron chi connectivity index (χ2n) is 7.79. The fourth-order valence-electron chi connectivity index (χ4n) is 3.99. The van der Waals surface area contributed by atoms with Gasteiger partial charge in [-0.25, -0.2) is 4.39 Å². The maximum atomic E-state index is 13.5. The van der Waals surface area contributed by atoms with Gasteiger partial charge in [-0.15, -0.1) is 0 Å². The summed E-state index contributed by atoms with van der Waals surface area (Å²) in [7, 11) is 0. The van der Waals surface area contributed by atoms with Gasteiger partial charge in [0.05, 0.1) is 5.57 Å². The van der Waals surface area contributed by atoms with Crippen LogP contribution in [0.15, 0.2) is 80.8 Å². The Kier molecular flexibility index (Phi) is 5.06. The molecule has 166 valence electrons. The van der Waals surface area contributed by atoms with Crippen molar-refractivity contribution in [3.63, 3.8) is 0 Å². The predicted octanol–water partition coefficient (Wildman–Crippen LogP) is 5.91. The minimum absolute atomic E-state index is 0.0279. The first kappa shape index (κ1) is 21.0. The third-order valence-electron chi connectivity index (χ3n) is 5.55. The van der Waals surface area contributed by atoms with E-state index in [4.69, 9.17) is 20.4 Å². The van der Waals surface area contributed by atoms with Crippen molar-refractivity contribution in [1.29, 1.82) is 0 Å². The molecule has 1 aliphatic heterocycles. The lowest BCUT2D eigenvalue weighted by Crippen LogP contribution is -2.30. The molecule has 2 aromatic carbocycles. The Labute approximate surface area is 192 Å². The number of amides is 1. The van der Waals surface area contributed by atoms with Gasteiger partial charge >= 0.3 is 0 Å². The summed E-state index contributed by atoms with van der Waals surface area (Å²) >= 11 is 6.03. The number of hydrogen-bond donors (Lipinski definition) is 1. The van der Waals surface area contributed by atoms with Crippen LogP contribution >= 0.6 is 11.6 Å². The number of aliphatic hydroxyl groups excluding tert-OH is 1. The summed E-state index contributed by atoms with van der Waals surface area (Å²) < 4.78 is 24.8. The topological polar surface area (TPSA) is 83.9 Å². The maximum Gasteiger partial charge on any atom is 0.290 e. The lowest BCUT2D eigenvalue weighted by molar-refractivity contribution is -0.130. The fourth-order valence-corrected chi connectivity index (χ4v) is 4.17. The molecular weight excluding hydrogens is 449 g/mol. The van der Waals surface area contributed by atoms with Crippen LogP contribution in [0.5, 0.6) is 0 Å². The van der Waals surface area contributed by atoms with E-state index in [1.54, 1.807) is 37.3 Å². The van der Waals surface area contributed by atoms with Gasteiger partial charge in [0, 0.05) is 17.0 Å². The molecule has 1 amide bonds. The SMILES string of the molecule is Cc1ccc(C2C(C(=O)c3cc4cc(Cl)ccc4o3)=C(O)C(=O)N2Cc2ccc(F)cc2)o1. The molecule has 0 saturated carbocycles. The van der Waals surface area contributed by atoms with E-state index < -0.39 is 29.3 Å². The highest BCUT2D eigenvalue weighted by Crippen LogP contribution is 2.41. The number of rotatable bonds is 5. The van der Waals surface area contributed by atoms with Gasteiger partial charge in [-0.3, -0.25) is 9.59 Å². The monoisotopic (exact) mass is 465 g/mol. The van der Waals surface area contributed by atoms with Crippen LogP contribution < -0.4 is 0 Å². The molecular formula is C25H17ClFNO5. The second kappa shape index (κ2) is 7.94. The molecule has 6 nitrogen and oxygen atoms in total. The fraction of sp³-hybridized carbons (Fsp3) is 0.120. The summed E-state index contributed by atoms with van der Waals surface area (Å²) in [5, 5.41) is 11.8. The van der Waals surface area contributed by atoms with Gasteiger partial charge in [0.15, 0.2) is 11.5 Å². The number of halogens is 2. The molecule has 0 aliphatic carbocycles. The molecule has 1 aliphatic rings. The Hall–Kier alpha value is -3.84. The summed E-state index contributed by atoms with van der Waals surface area (Å²) in [6.45, 7) is 1.76. The third kappa shape index (κ3) is 3.70. The molecule has 4 aromatic rings. The molecule has 1 atom stereocenters. The summed E-state index contributed by atoms with van der Waals surface area (Å²) in [4.78, 5) is 27.8. The smallest absolute Gasteiger partial charge is 0.290 e. The predicted molar refractivity (Wildman–Crippen MR) is 118 cm³/mol. The molecule has 5 rings (SSSR count). The number of carbonyl (C=O) groups excluding carboxylic acids is 2. The van der Waals surface area contributed by atoms with Crippen molar-refractivity contribution in [2.24, 2.45) is 0 Å². The first-order chi connectivity index (χ1) is 15.8. The first-order valence-electron chi connectivity index (χ1n) is 10.1. The minimum Gasteiger partial charge on any atom is -0.503 e. The molecule has 1 N–H and O–H groups in total. The van der Waals surface area contributed by atoms with E-state index in [0.717, 1.165) is 0 Å². The Morgan fingerprint density at radius 2 is 1.85 bits per heavy atom. The number of aliphatic hydroxyl groups is 1.